The molecule has 0 aliphatic carbocycles. The number of carbonyl (C=O) groups excluding carboxylic acids is 2. The van der Waals surface area contributed by atoms with Crippen LogP contribution in [-0.4, -0.2) is 29.3 Å². The van der Waals surface area contributed by atoms with Crippen LogP contribution in [0.4, 0.5) is 0 Å². The molecule has 1 aliphatic heterocycles. The maximum atomic E-state index is 11.3. The highest BCUT2D eigenvalue weighted by atomic mass is 16.2. The average Bonchev–Trinajstić information content (AvgIpc) is 2.26. The van der Waals surface area contributed by atoms with E-state index in [1.165, 1.54) is 11.0 Å². The van der Waals surface area contributed by atoms with Crippen LogP contribution >= 0.6 is 0 Å². The second-order valence-electron chi connectivity index (χ2n) is 2.93. The zero-order valence-corrected chi connectivity index (χ0v) is 7.20. The summed E-state index contributed by atoms with van der Waals surface area (Å²) < 4.78 is 0. The molecule has 1 unspecified atom stereocenters. The molecule has 12 heavy (non-hydrogen) atoms. The van der Waals surface area contributed by atoms with Gasteiger partial charge in [0.1, 0.15) is 0 Å². The number of nitrogens with zero attached hydrogens (tertiary/aromatic N) is 1. The second-order valence-corrected chi connectivity index (χ2v) is 2.93. The lowest BCUT2D eigenvalue weighted by Crippen LogP contribution is -2.42. The van der Waals surface area contributed by atoms with Gasteiger partial charge in [-0.25, -0.2) is 0 Å². The number of carbonyl (C=O) groups is 2. The van der Waals surface area contributed by atoms with Crippen molar-refractivity contribution in [2.24, 2.45) is 5.73 Å². The molecule has 4 nitrogen and oxygen atoms in total. The van der Waals surface area contributed by atoms with Crippen molar-refractivity contribution in [1.82, 2.24) is 4.90 Å². The third-order valence-electron chi connectivity index (χ3n) is 1.92. The topological polar surface area (TPSA) is 63.4 Å². The van der Waals surface area contributed by atoms with Crippen LogP contribution in [0.15, 0.2) is 11.6 Å². The third kappa shape index (κ3) is 1.25. The van der Waals surface area contributed by atoms with E-state index in [1.54, 1.807) is 13.8 Å². The van der Waals surface area contributed by atoms with Gasteiger partial charge >= 0.3 is 0 Å². The minimum atomic E-state index is -0.254. The van der Waals surface area contributed by atoms with Gasteiger partial charge in [0.2, 0.25) is 0 Å². The summed E-state index contributed by atoms with van der Waals surface area (Å²) in [5.74, 6) is -0.478. The van der Waals surface area contributed by atoms with Crippen LogP contribution in [-0.2, 0) is 9.59 Å². The molecule has 0 spiro atoms. The Morgan fingerprint density at radius 1 is 1.58 bits per heavy atom. The Balaban J connectivity index is 2.83. The standard InChI is InChI=1S/C8H12N2O2/c1-5-3-7(11)10(8(5)12)6(2)4-9/h3,6H,4,9H2,1-2H3. The molecule has 0 saturated heterocycles. The molecule has 66 valence electrons. The van der Waals surface area contributed by atoms with E-state index in [0.29, 0.717) is 12.1 Å². The Bertz CT molecular complexity index is 258. The van der Waals surface area contributed by atoms with Crippen LogP contribution in [0.3, 0.4) is 0 Å². The number of hydrogen-bond acceptors (Lipinski definition) is 3. The van der Waals surface area contributed by atoms with E-state index in [9.17, 15) is 9.59 Å². The van der Waals surface area contributed by atoms with E-state index in [4.69, 9.17) is 5.73 Å². The predicted octanol–water partition coefficient (Wildman–Crippen LogP) is -0.351. The number of amides is 2. The first-order chi connectivity index (χ1) is 5.57. The number of nitrogens with two attached hydrogens (primary N) is 1. The first kappa shape index (κ1) is 8.93. The summed E-state index contributed by atoms with van der Waals surface area (Å²) in [6, 6.07) is -0.210. The van der Waals surface area contributed by atoms with Gasteiger partial charge in [0.15, 0.2) is 0 Å². The maximum Gasteiger partial charge on any atom is 0.256 e. The van der Waals surface area contributed by atoms with E-state index in [-0.39, 0.29) is 17.9 Å². The van der Waals surface area contributed by atoms with E-state index in [2.05, 4.69) is 0 Å². The molecular formula is C8H12N2O2. The van der Waals surface area contributed by atoms with Gasteiger partial charge in [0.25, 0.3) is 11.8 Å². The fraction of sp³-hybridized carbons (Fsp3) is 0.500. The molecule has 0 bridgehead atoms. The molecule has 0 aromatic carbocycles. The molecule has 1 rings (SSSR count). The predicted molar refractivity (Wildman–Crippen MR) is 44.1 cm³/mol. The van der Waals surface area contributed by atoms with Gasteiger partial charge in [0, 0.05) is 24.2 Å². The summed E-state index contributed by atoms with van der Waals surface area (Å²) in [5.41, 5.74) is 5.84. The van der Waals surface area contributed by atoms with Crippen molar-refractivity contribution in [3.63, 3.8) is 0 Å². The van der Waals surface area contributed by atoms with E-state index >= 15 is 0 Å². The summed E-state index contributed by atoms with van der Waals surface area (Å²) in [7, 11) is 0. The lowest BCUT2D eigenvalue weighted by atomic mass is 10.3. The van der Waals surface area contributed by atoms with Crippen LogP contribution < -0.4 is 5.73 Å². The Morgan fingerprint density at radius 2 is 2.17 bits per heavy atom. The minimum Gasteiger partial charge on any atom is -0.328 e. The summed E-state index contributed by atoms with van der Waals surface area (Å²) in [5, 5.41) is 0. The summed E-state index contributed by atoms with van der Waals surface area (Å²) >= 11 is 0. The number of rotatable bonds is 2. The van der Waals surface area contributed by atoms with Crippen molar-refractivity contribution in [3.8, 4) is 0 Å². The fourth-order valence-corrected chi connectivity index (χ4v) is 1.13. The second kappa shape index (κ2) is 3.06. The Labute approximate surface area is 71.0 Å². The zero-order chi connectivity index (χ0) is 9.30. The Hall–Kier alpha value is -1.16. The SMILES string of the molecule is CC1=CC(=O)N(C(C)CN)C1=O. The summed E-state index contributed by atoms with van der Waals surface area (Å²) in [4.78, 5) is 23.7. The van der Waals surface area contributed by atoms with Crippen molar-refractivity contribution >= 4 is 11.8 Å². The summed E-state index contributed by atoms with van der Waals surface area (Å²) in [6.07, 6.45) is 1.34. The molecule has 0 radical (unpaired) electrons. The maximum absolute atomic E-state index is 11.3. The van der Waals surface area contributed by atoms with Crippen LogP contribution in [0.5, 0.6) is 0 Å². The molecule has 0 fully saturated rings. The fourth-order valence-electron chi connectivity index (χ4n) is 1.13. The van der Waals surface area contributed by atoms with Crippen molar-refractivity contribution < 1.29 is 9.59 Å². The lowest BCUT2D eigenvalue weighted by Gasteiger charge is -2.20. The van der Waals surface area contributed by atoms with E-state index in [0.717, 1.165) is 0 Å². The number of imide groups is 1. The van der Waals surface area contributed by atoms with Gasteiger partial charge in [-0.2, -0.15) is 0 Å². The first-order valence-electron chi connectivity index (χ1n) is 3.83. The highest BCUT2D eigenvalue weighted by molar-refractivity contribution is 6.16. The molecule has 1 atom stereocenters. The lowest BCUT2D eigenvalue weighted by molar-refractivity contribution is -0.139. The smallest absolute Gasteiger partial charge is 0.256 e. The molecule has 0 saturated carbocycles. The highest BCUT2D eigenvalue weighted by Gasteiger charge is 2.31. The molecule has 1 heterocycles. The molecule has 2 amide bonds. The van der Waals surface area contributed by atoms with Gasteiger partial charge in [-0.05, 0) is 13.8 Å². The van der Waals surface area contributed by atoms with Crippen LogP contribution in [0.1, 0.15) is 13.8 Å². The zero-order valence-electron chi connectivity index (χ0n) is 7.20. The van der Waals surface area contributed by atoms with Crippen molar-refractivity contribution in [2.75, 3.05) is 6.54 Å². The van der Waals surface area contributed by atoms with Gasteiger partial charge in [-0.15, -0.1) is 0 Å². The highest BCUT2D eigenvalue weighted by Crippen LogP contribution is 2.14. The van der Waals surface area contributed by atoms with Crippen molar-refractivity contribution in [1.29, 1.82) is 0 Å². The Kier molecular flexibility index (Phi) is 2.28. The van der Waals surface area contributed by atoms with Crippen molar-refractivity contribution in [2.45, 2.75) is 19.9 Å². The molecule has 2 N–H and O–H groups in total. The third-order valence-corrected chi connectivity index (χ3v) is 1.92. The molecule has 1 aliphatic rings. The first-order valence-corrected chi connectivity index (χ1v) is 3.83. The Morgan fingerprint density at radius 3 is 2.50 bits per heavy atom. The van der Waals surface area contributed by atoms with Gasteiger partial charge in [-0.3, -0.25) is 14.5 Å². The summed E-state index contributed by atoms with van der Waals surface area (Å²) in [6.45, 7) is 3.68. The van der Waals surface area contributed by atoms with Crippen molar-refractivity contribution in [3.05, 3.63) is 11.6 Å². The van der Waals surface area contributed by atoms with Gasteiger partial charge in [0.05, 0.1) is 0 Å². The molecule has 0 aromatic heterocycles. The average molecular weight is 168 g/mol. The monoisotopic (exact) mass is 168 g/mol. The van der Waals surface area contributed by atoms with Crippen LogP contribution in [0.2, 0.25) is 0 Å². The molecule has 4 heteroatoms. The van der Waals surface area contributed by atoms with Gasteiger partial charge in [-0.1, -0.05) is 0 Å². The molecular weight excluding hydrogens is 156 g/mol. The van der Waals surface area contributed by atoms with Crippen LogP contribution in [0.25, 0.3) is 0 Å². The quantitative estimate of drug-likeness (QED) is 0.573. The largest absolute Gasteiger partial charge is 0.328 e. The number of hydrogen-bond donors (Lipinski definition) is 1. The van der Waals surface area contributed by atoms with E-state index in [1.807, 2.05) is 0 Å². The van der Waals surface area contributed by atoms with E-state index < -0.39 is 0 Å². The molecule has 0 aromatic rings. The van der Waals surface area contributed by atoms with Crippen LogP contribution in [0, 0.1) is 0 Å². The normalized spacial score (nSPS) is 19.9. The van der Waals surface area contributed by atoms with Gasteiger partial charge < -0.3 is 5.73 Å². The minimum absolute atomic E-state index is 0.210.